The third-order valence-electron chi connectivity index (χ3n) is 4.01. The largest absolute Gasteiger partial charge is 0.496 e. The van der Waals surface area contributed by atoms with Crippen LogP contribution in [0.3, 0.4) is 0 Å². The van der Waals surface area contributed by atoms with E-state index in [1.807, 2.05) is 0 Å². The maximum Gasteiger partial charge on any atom is 0.257 e. The highest BCUT2D eigenvalue weighted by atomic mass is 32.2. The summed E-state index contributed by atoms with van der Waals surface area (Å²) in [4.78, 5) is 16.7. The second-order valence-corrected chi connectivity index (χ2v) is 7.96. The van der Waals surface area contributed by atoms with Gasteiger partial charge in [0, 0.05) is 32.7 Å². The van der Waals surface area contributed by atoms with Crippen molar-refractivity contribution in [3.05, 3.63) is 23.8 Å². The van der Waals surface area contributed by atoms with Gasteiger partial charge < -0.3 is 9.64 Å². The number of benzene rings is 1. The lowest BCUT2D eigenvalue weighted by atomic mass is 10.1. The van der Waals surface area contributed by atoms with E-state index in [0.717, 1.165) is 19.6 Å². The van der Waals surface area contributed by atoms with Crippen LogP contribution in [0.5, 0.6) is 5.75 Å². The molecule has 7 nitrogen and oxygen atoms in total. The Morgan fingerprint density at radius 3 is 2.38 bits per heavy atom. The highest BCUT2D eigenvalue weighted by Gasteiger charge is 2.25. The van der Waals surface area contributed by atoms with Crippen molar-refractivity contribution in [2.24, 2.45) is 11.1 Å². The van der Waals surface area contributed by atoms with Crippen molar-refractivity contribution in [3.63, 3.8) is 0 Å². The molecule has 1 aromatic carbocycles. The number of rotatable bonds is 5. The van der Waals surface area contributed by atoms with Crippen molar-refractivity contribution in [2.75, 3.05) is 39.8 Å². The van der Waals surface area contributed by atoms with Crippen LogP contribution in [0.25, 0.3) is 0 Å². The molecule has 1 saturated heterocycles. The number of carbonyl (C=O) groups is 1. The Morgan fingerprint density at radius 1 is 1.25 bits per heavy atom. The van der Waals surface area contributed by atoms with Gasteiger partial charge in [0.1, 0.15) is 5.75 Å². The van der Waals surface area contributed by atoms with E-state index in [1.165, 1.54) is 25.3 Å². The number of nitrogens with zero attached hydrogens (tertiary/aromatic N) is 2. The van der Waals surface area contributed by atoms with E-state index in [4.69, 9.17) is 9.88 Å². The number of hydrogen-bond acceptors (Lipinski definition) is 5. The summed E-state index contributed by atoms with van der Waals surface area (Å²) in [6.45, 7) is 8.17. The number of piperazine rings is 1. The van der Waals surface area contributed by atoms with Crippen LogP contribution < -0.4 is 9.88 Å². The van der Waals surface area contributed by atoms with Crippen molar-refractivity contribution in [3.8, 4) is 5.75 Å². The predicted molar refractivity (Wildman–Crippen MR) is 91.5 cm³/mol. The number of amides is 1. The Hall–Kier alpha value is -1.64. The summed E-state index contributed by atoms with van der Waals surface area (Å²) < 4.78 is 28.3. The van der Waals surface area contributed by atoms with Crippen molar-refractivity contribution in [1.82, 2.24) is 9.80 Å². The summed E-state index contributed by atoms with van der Waals surface area (Å²) >= 11 is 0. The Morgan fingerprint density at radius 2 is 1.88 bits per heavy atom. The molecular formula is C16H25N3O4S. The van der Waals surface area contributed by atoms with Gasteiger partial charge in [-0.25, -0.2) is 13.6 Å². The Balaban J connectivity index is 2.18. The standard InChI is InChI=1S/C16H25N3O4S/c1-12(2)11-18-6-8-19(9-7-18)16(20)14-10-13(24(17,21)22)4-5-15(14)23-3/h4-5,10,12H,6-9,11H2,1-3H3,(H2,17,21,22). The minimum absolute atomic E-state index is 0.0925. The van der Waals surface area contributed by atoms with Gasteiger partial charge in [-0.05, 0) is 24.1 Å². The molecule has 1 aliphatic heterocycles. The third-order valence-corrected chi connectivity index (χ3v) is 4.92. The number of nitrogens with two attached hydrogens (primary N) is 1. The van der Waals surface area contributed by atoms with Crippen molar-refractivity contribution < 1.29 is 17.9 Å². The molecule has 0 atom stereocenters. The Bertz CT molecular complexity index is 695. The molecule has 1 aliphatic rings. The fourth-order valence-corrected chi connectivity index (χ4v) is 3.39. The summed E-state index contributed by atoms with van der Waals surface area (Å²) in [5, 5.41) is 5.16. The maximum absolute atomic E-state index is 12.8. The lowest BCUT2D eigenvalue weighted by Crippen LogP contribution is -2.49. The molecule has 2 rings (SSSR count). The fraction of sp³-hybridized carbons (Fsp3) is 0.562. The first-order valence-electron chi connectivity index (χ1n) is 7.95. The molecule has 24 heavy (non-hydrogen) atoms. The van der Waals surface area contributed by atoms with Crippen LogP contribution >= 0.6 is 0 Å². The first kappa shape index (κ1) is 18.7. The van der Waals surface area contributed by atoms with E-state index >= 15 is 0 Å². The number of carbonyl (C=O) groups excluding carboxylic acids is 1. The Kier molecular flexibility index (Phi) is 5.84. The molecule has 1 aromatic rings. The summed E-state index contributed by atoms with van der Waals surface area (Å²) in [5.41, 5.74) is 0.223. The second kappa shape index (κ2) is 7.50. The molecule has 0 unspecified atom stereocenters. The van der Waals surface area contributed by atoms with Crippen molar-refractivity contribution in [2.45, 2.75) is 18.7 Å². The summed E-state index contributed by atoms with van der Waals surface area (Å²) in [6, 6.07) is 4.09. The molecule has 1 fully saturated rings. The SMILES string of the molecule is COc1ccc(S(N)(=O)=O)cc1C(=O)N1CCN(CC(C)C)CC1. The van der Waals surface area contributed by atoms with Crippen molar-refractivity contribution >= 4 is 15.9 Å². The molecule has 2 N–H and O–H groups in total. The fourth-order valence-electron chi connectivity index (χ4n) is 2.85. The molecule has 0 saturated carbocycles. The zero-order chi connectivity index (χ0) is 17.9. The van der Waals surface area contributed by atoms with Crippen molar-refractivity contribution in [1.29, 1.82) is 0 Å². The van der Waals surface area contributed by atoms with E-state index in [-0.39, 0.29) is 16.4 Å². The van der Waals surface area contributed by atoms with Crippen LogP contribution in [-0.4, -0.2) is 64.0 Å². The van der Waals surface area contributed by atoms with Crippen LogP contribution in [0.2, 0.25) is 0 Å². The minimum atomic E-state index is -3.87. The zero-order valence-corrected chi connectivity index (χ0v) is 15.2. The first-order valence-corrected chi connectivity index (χ1v) is 9.49. The van der Waals surface area contributed by atoms with E-state index in [1.54, 1.807) is 4.90 Å². The summed E-state index contributed by atoms with van der Waals surface area (Å²) in [5.74, 6) is 0.692. The third kappa shape index (κ3) is 4.46. The van der Waals surface area contributed by atoms with Gasteiger partial charge in [-0.1, -0.05) is 13.8 Å². The smallest absolute Gasteiger partial charge is 0.257 e. The number of hydrogen-bond donors (Lipinski definition) is 1. The van der Waals surface area contributed by atoms with Gasteiger partial charge in [-0.15, -0.1) is 0 Å². The van der Waals surface area contributed by atoms with Gasteiger partial charge in [-0.3, -0.25) is 9.69 Å². The lowest BCUT2D eigenvalue weighted by Gasteiger charge is -2.35. The topological polar surface area (TPSA) is 92.9 Å². The maximum atomic E-state index is 12.8. The van der Waals surface area contributed by atoms with Gasteiger partial charge in [0.2, 0.25) is 10.0 Å². The van der Waals surface area contributed by atoms with Gasteiger partial charge in [0.05, 0.1) is 17.6 Å². The molecule has 0 spiro atoms. The van der Waals surface area contributed by atoms with E-state index in [2.05, 4.69) is 18.7 Å². The highest BCUT2D eigenvalue weighted by molar-refractivity contribution is 7.89. The normalized spacial score (nSPS) is 16.5. The number of ether oxygens (including phenoxy) is 1. The Labute approximate surface area is 143 Å². The molecule has 134 valence electrons. The second-order valence-electron chi connectivity index (χ2n) is 6.39. The van der Waals surface area contributed by atoms with Crippen LogP contribution in [0.15, 0.2) is 23.1 Å². The van der Waals surface area contributed by atoms with Crippen LogP contribution in [-0.2, 0) is 10.0 Å². The van der Waals surface area contributed by atoms with E-state index < -0.39 is 10.0 Å². The summed E-state index contributed by atoms with van der Waals surface area (Å²) in [7, 11) is -2.42. The number of sulfonamides is 1. The summed E-state index contributed by atoms with van der Waals surface area (Å²) in [6.07, 6.45) is 0. The van der Waals surface area contributed by atoms with Crippen LogP contribution in [0.1, 0.15) is 24.2 Å². The van der Waals surface area contributed by atoms with Gasteiger partial charge in [-0.2, -0.15) is 0 Å². The molecule has 1 amide bonds. The predicted octanol–water partition coefficient (Wildman–Crippen LogP) is 0.756. The molecule has 8 heteroatoms. The average molecular weight is 355 g/mol. The van der Waals surface area contributed by atoms with Crippen LogP contribution in [0.4, 0.5) is 0 Å². The zero-order valence-electron chi connectivity index (χ0n) is 14.4. The first-order chi connectivity index (χ1) is 11.2. The molecule has 1 heterocycles. The molecule has 0 bridgehead atoms. The molecule has 0 aliphatic carbocycles. The number of primary sulfonamides is 1. The monoisotopic (exact) mass is 355 g/mol. The average Bonchev–Trinajstić information content (AvgIpc) is 2.53. The lowest BCUT2D eigenvalue weighted by molar-refractivity contribution is 0.0620. The van der Waals surface area contributed by atoms with E-state index in [9.17, 15) is 13.2 Å². The molecule has 0 aromatic heterocycles. The molecular weight excluding hydrogens is 330 g/mol. The van der Waals surface area contributed by atoms with Gasteiger partial charge in [0.15, 0.2) is 0 Å². The quantitative estimate of drug-likeness (QED) is 0.841. The van der Waals surface area contributed by atoms with E-state index in [0.29, 0.717) is 24.8 Å². The minimum Gasteiger partial charge on any atom is -0.496 e. The van der Waals surface area contributed by atoms with Gasteiger partial charge in [0.25, 0.3) is 5.91 Å². The van der Waals surface area contributed by atoms with Crippen LogP contribution in [0, 0.1) is 5.92 Å². The van der Waals surface area contributed by atoms with Gasteiger partial charge >= 0.3 is 0 Å². The number of methoxy groups -OCH3 is 1. The molecule has 0 radical (unpaired) electrons. The highest BCUT2D eigenvalue weighted by Crippen LogP contribution is 2.24.